The molecule has 0 aromatic rings. The molecule has 0 N–H and O–H groups in total. The number of rotatable bonds is 4. The third-order valence-electron chi connectivity index (χ3n) is 1.84. The van der Waals surface area contributed by atoms with Gasteiger partial charge in [-0.25, -0.2) is 4.79 Å². The van der Waals surface area contributed by atoms with Crippen LogP contribution in [0.2, 0.25) is 0 Å². The summed E-state index contributed by atoms with van der Waals surface area (Å²) < 4.78 is 9.59. The van der Waals surface area contributed by atoms with E-state index in [-0.39, 0.29) is 12.6 Å². The summed E-state index contributed by atoms with van der Waals surface area (Å²) in [7, 11) is 1.36. The fraction of sp³-hybridized carbons (Fsp3) is 0.500. The SMILES string of the molecule is COC(=O)COCC1=CC=CCC1. The highest BCUT2D eigenvalue weighted by Crippen LogP contribution is 2.11. The van der Waals surface area contributed by atoms with Gasteiger partial charge in [-0.05, 0) is 18.4 Å². The van der Waals surface area contributed by atoms with Crippen LogP contribution in [0, 0.1) is 0 Å². The molecule has 0 aromatic heterocycles. The Morgan fingerprint density at radius 1 is 1.62 bits per heavy atom. The molecule has 0 saturated carbocycles. The minimum absolute atomic E-state index is 0.0392. The summed E-state index contributed by atoms with van der Waals surface area (Å²) in [6.07, 6.45) is 8.25. The van der Waals surface area contributed by atoms with Crippen molar-refractivity contribution in [2.75, 3.05) is 20.3 Å². The maximum absolute atomic E-state index is 10.7. The van der Waals surface area contributed by atoms with Crippen LogP contribution in [0.3, 0.4) is 0 Å². The zero-order chi connectivity index (χ0) is 9.52. The van der Waals surface area contributed by atoms with Crippen molar-refractivity contribution >= 4 is 5.97 Å². The van der Waals surface area contributed by atoms with Crippen molar-refractivity contribution in [3.05, 3.63) is 23.8 Å². The van der Waals surface area contributed by atoms with E-state index in [4.69, 9.17) is 4.74 Å². The van der Waals surface area contributed by atoms with Gasteiger partial charge in [0.05, 0.1) is 13.7 Å². The van der Waals surface area contributed by atoms with E-state index in [1.807, 2.05) is 12.2 Å². The summed E-state index contributed by atoms with van der Waals surface area (Å²) in [5, 5.41) is 0. The number of allylic oxidation sites excluding steroid dienone is 3. The van der Waals surface area contributed by atoms with Gasteiger partial charge in [0, 0.05) is 0 Å². The van der Waals surface area contributed by atoms with Crippen molar-refractivity contribution in [2.24, 2.45) is 0 Å². The first-order valence-corrected chi connectivity index (χ1v) is 4.32. The second-order valence-corrected chi connectivity index (χ2v) is 2.86. The minimum atomic E-state index is -0.327. The van der Waals surface area contributed by atoms with Crippen molar-refractivity contribution in [3.8, 4) is 0 Å². The Bertz CT molecular complexity index is 228. The minimum Gasteiger partial charge on any atom is -0.467 e. The van der Waals surface area contributed by atoms with Gasteiger partial charge in [0.15, 0.2) is 0 Å². The maximum Gasteiger partial charge on any atom is 0.331 e. The highest BCUT2D eigenvalue weighted by Gasteiger charge is 2.02. The van der Waals surface area contributed by atoms with Crippen LogP contribution < -0.4 is 0 Å². The lowest BCUT2D eigenvalue weighted by Crippen LogP contribution is -2.12. The number of ether oxygens (including phenoxy) is 2. The Hall–Kier alpha value is -1.09. The van der Waals surface area contributed by atoms with E-state index < -0.39 is 0 Å². The summed E-state index contributed by atoms with van der Waals surface area (Å²) in [6.45, 7) is 0.566. The molecule has 0 saturated heterocycles. The van der Waals surface area contributed by atoms with E-state index in [1.54, 1.807) is 0 Å². The number of esters is 1. The molecule has 72 valence electrons. The average molecular weight is 182 g/mol. The van der Waals surface area contributed by atoms with Gasteiger partial charge in [-0.2, -0.15) is 0 Å². The van der Waals surface area contributed by atoms with Crippen LogP contribution in [0.25, 0.3) is 0 Å². The molecule has 0 aromatic carbocycles. The normalized spacial score (nSPS) is 15.3. The molecule has 3 nitrogen and oxygen atoms in total. The van der Waals surface area contributed by atoms with Gasteiger partial charge in [-0.1, -0.05) is 18.2 Å². The van der Waals surface area contributed by atoms with Gasteiger partial charge in [-0.15, -0.1) is 0 Å². The molecule has 0 unspecified atom stereocenters. The number of hydrogen-bond acceptors (Lipinski definition) is 3. The van der Waals surface area contributed by atoms with Gasteiger partial charge in [0.25, 0.3) is 0 Å². The van der Waals surface area contributed by atoms with Crippen molar-refractivity contribution in [3.63, 3.8) is 0 Å². The van der Waals surface area contributed by atoms with Gasteiger partial charge >= 0.3 is 5.97 Å². The summed E-state index contributed by atoms with van der Waals surface area (Å²) in [6, 6.07) is 0. The third kappa shape index (κ3) is 3.90. The first-order chi connectivity index (χ1) is 6.33. The van der Waals surface area contributed by atoms with E-state index in [1.165, 1.54) is 12.7 Å². The Morgan fingerprint density at radius 3 is 3.08 bits per heavy atom. The molecule has 0 fully saturated rings. The van der Waals surface area contributed by atoms with Crippen LogP contribution in [-0.4, -0.2) is 26.3 Å². The lowest BCUT2D eigenvalue weighted by atomic mass is 10.1. The molecule has 0 amide bonds. The Balaban J connectivity index is 2.15. The second kappa shape index (κ2) is 5.54. The average Bonchev–Trinajstić information content (AvgIpc) is 2.19. The van der Waals surface area contributed by atoms with Crippen molar-refractivity contribution < 1.29 is 14.3 Å². The lowest BCUT2D eigenvalue weighted by molar-refractivity contribution is -0.145. The van der Waals surface area contributed by atoms with Crippen LogP contribution in [0.15, 0.2) is 23.8 Å². The smallest absolute Gasteiger partial charge is 0.331 e. The topological polar surface area (TPSA) is 35.5 Å². The largest absolute Gasteiger partial charge is 0.467 e. The summed E-state index contributed by atoms with van der Waals surface area (Å²) >= 11 is 0. The maximum atomic E-state index is 10.7. The predicted molar refractivity (Wildman–Crippen MR) is 49.3 cm³/mol. The lowest BCUT2D eigenvalue weighted by Gasteiger charge is -2.08. The molecule has 3 heteroatoms. The van der Waals surface area contributed by atoms with Gasteiger partial charge in [0.2, 0.25) is 0 Å². The number of carbonyl (C=O) groups excluding carboxylic acids is 1. The fourth-order valence-electron chi connectivity index (χ4n) is 1.10. The molecule has 0 radical (unpaired) electrons. The van der Waals surface area contributed by atoms with Crippen LogP contribution in [0.5, 0.6) is 0 Å². The monoisotopic (exact) mass is 182 g/mol. The second-order valence-electron chi connectivity index (χ2n) is 2.86. The van der Waals surface area contributed by atoms with E-state index in [2.05, 4.69) is 10.8 Å². The number of methoxy groups -OCH3 is 1. The van der Waals surface area contributed by atoms with Crippen molar-refractivity contribution in [2.45, 2.75) is 12.8 Å². The van der Waals surface area contributed by atoms with Crippen LogP contribution in [-0.2, 0) is 14.3 Å². The highest BCUT2D eigenvalue weighted by atomic mass is 16.6. The molecule has 0 atom stereocenters. The summed E-state index contributed by atoms with van der Waals surface area (Å²) in [4.78, 5) is 10.7. The first-order valence-electron chi connectivity index (χ1n) is 4.32. The van der Waals surface area contributed by atoms with E-state index in [9.17, 15) is 4.79 Å². The fourth-order valence-corrected chi connectivity index (χ4v) is 1.10. The molecule has 13 heavy (non-hydrogen) atoms. The Labute approximate surface area is 78.0 Å². The molecule has 1 aliphatic rings. The molecular weight excluding hydrogens is 168 g/mol. The van der Waals surface area contributed by atoms with Gasteiger partial charge in [0.1, 0.15) is 6.61 Å². The molecule has 0 spiro atoms. The first kappa shape index (κ1) is 9.99. The van der Waals surface area contributed by atoms with Crippen LogP contribution in [0.1, 0.15) is 12.8 Å². The zero-order valence-corrected chi connectivity index (χ0v) is 7.79. The summed E-state index contributed by atoms with van der Waals surface area (Å²) in [5.41, 5.74) is 1.23. The highest BCUT2D eigenvalue weighted by molar-refractivity contribution is 5.70. The Kier molecular flexibility index (Phi) is 4.26. The molecule has 0 heterocycles. The molecule has 1 rings (SSSR count). The van der Waals surface area contributed by atoms with Crippen LogP contribution >= 0.6 is 0 Å². The molecule has 0 aliphatic heterocycles. The van der Waals surface area contributed by atoms with Gasteiger partial charge in [-0.3, -0.25) is 0 Å². The van der Waals surface area contributed by atoms with Crippen LogP contribution in [0.4, 0.5) is 0 Å². The van der Waals surface area contributed by atoms with E-state index in [0.29, 0.717) is 6.61 Å². The van der Waals surface area contributed by atoms with E-state index in [0.717, 1.165) is 12.8 Å². The quantitative estimate of drug-likeness (QED) is 0.617. The number of hydrogen-bond donors (Lipinski definition) is 0. The molecular formula is C10H14O3. The summed E-state index contributed by atoms with van der Waals surface area (Å²) in [5.74, 6) is -0.327. The molecule has 1 aliphatic carbocycles. The zero-order valence-electron chi connectivity index (χ0n) is 7.79. The van der Waals surface area contributed by atoms with Crippen molar-refractivity contribution in [1.82, 2.24) is 0 Å². The predicted octanol–water partition coefficient (Wildman–Crippen LogP) is 1.45. The number of carbonyl (C=O) groups is 1. The van der Waals surface area contributed by atoms with E-state index >= 15 is 0 Å². The standard InChI is InChI=1S/C10H14O3/c1-12-10(11)8-13-7-9-5-3-2-4-6-9/h2-3,5H,4,6-8H2,1H3. The van der Waals surface area contributed by atoms with Gasteiger partial charge < -0.3 is 9.47 Å². The Morgan fingerprint density at radius 2 is 2.46 bits per heavy atom. The van der Waals surface area contributed by atoms with Crippen molar-refractivity contribution in [1.29, 1.82) is 0 Å². The third-order valence-corrected chi connectivity index (χ3v) is 1.84. The molecule has 0 bridgehead atoms.